The molecule has 4 nitrogen and oxygen atoms in total. The number of hydrogen-bond donors (Lipinski definition) is 0. The second kappa shape index (κ2) is 17.0. The summed E-state index contributed by atoms with van der Waals surface area (Å²) >= 11 is 0. The Labute approximate surface area is 395 Å². The standard InChI is InChI=1S/C64H44N4/c1-3-21-43(4-2)57-42-58(47-28-15-8-16-29-47)66-64(65-57)49-38-54(45-24-11-6-12-25-45)63(55(39-49)46-26-13-7-14-27-46)68-61-37-35-50(67-59-32-19-17-30-51(59)52-31-18-20-33-60(52)67)41-56(61)53-36-34-48(40-62(53)68)44-22-9-5-10-23-44/h3-42H,1-2H2/b43-21+. The summed E-state index contributed by atoms with van der Waals surface area (Å²) < 4.78 is 4.90. The molecule has 0 radical (unpaired) electrons. The van der Waals surface area contributed by atoms with Gasteiger partial charge in [-0.15, -0.1) is 0 Å². The Morgan fingerprint density at radius 2 is 0.912 bits per heavy atom. The first-order valence-electron chi connectivity index (χ1n) is 23.0. The SMILES string of the molecule is C=C/C=C(\C=C)c1cc(-c2ccccc2)nc(-c2cc(-c3ccccc3)c(-n3c4ccc(-n5c6ccccc6c6ccccc65)cc4c4ccc(-c5ccccc5)cc43)c(-c3ccccc3)c2)n1. The van der Waals surface area contributed by atoms with E-state index < -0.39 is 0 Å². The van der Waals surface area contributed by atoms with E-state index in [-0.39, 0.29) is 0 Å². The molecule has 0 saturated heterocycles. The summed E-state index contributed by atoms with van der Waals surface area (Å²) in [4.78, 5) is 10.6. The molecule has 3 heterocycles. The topological polar surface area (TPSA) is 35.6 Å². The predicted molar refractivity (Wildman–Crippen MR) is 286 cm³/mol. The van der Waals surface area contributed by atoms with Gasteiger partial charge >= 0.3 is 0 Å². The highest BCUT2D eigenvalue weighted by Crippen LogP contribution is 2.45. The summed E-state index contributed by atoms with van der Waals surface area (Å²) in [5.74, 6) is 0.614. The maximum Gasteiger partial charge on any atom is 0.160 e. The number of aromatic nitrogens is 4. The quantitative estimate of drug-likeness (QED) is 0.128. The van der Waals surface area contributed by atoms with Crippen molar-refractivity contribution in [3.63, 3.8) is 0 Å². The van der Waals surface area contributed by atoms with E-state index in [2.05, 4.69) is 222 Å². The van der Waals surface area contributed by atoms with Crippen LogP contribution in [-0.2, 0) is 0 Å². The van der Waals surface area contributed by atoms with Crippen molar-refractivity contribution in [3.05, 3.63) is 262 Å². The number of para-hydroxylation sites is 2. The van der Waals surface area contributed by atoms with Gasteiger partial charge < -0.3 is 9.13 Å². The van der Waals surface area contributed by atoms with Crippen molar-refractivity contribution in [1.82, 2.24) is 19.1 Å². The molecule has 0 aliphatic carbocycles. The molecular weight excluding hydrogens is 825 g/mol. The van der Waals surface area contributed by atoms with Crippen molar-refractivity contribution in [1.29, 1.82) is 0 Å². The minimum absolute atomic E-state index is 0.614. The summed E-state index contributed by atoms with van der Waals surface area (Å²) in [6.45, 7) is 8.15. The van der Waals surface area contributed by atoms with Gasteiger partial charge in [-0.05, 0) is 82.4 Å². The van der Waals surface area contributed by atoms with Gasteiger partial charge in [-0.3, -0.25) is 0 Å². The van der Waals surface area contributed by atoms with Crippen LogP contribution in [0.3, 0.4) is 0 Å². The lowest BCUT2D eigenvalue weighted by Crippen LogP contribution is -2.04. The van der Waals surface area contributed by atoms with E-state index >= 15 is 0 Å². The molecule has 0 aliphatic heterocycles. The molecule has 0 atom stereocenters. The van der Waals surface area contributed by atoms with Gasteiger partial charge in [-0.25, -0.2) is 9.97 Å². The smallest absolute Gasteiger partial charge is 0.160 e. The Bertz CT molecular complexity index is 3800. The molecule has 0 fully saturated rings. The molecule has 68 heavy (non-hydrogen) atoms. The summed E-state index contributed by atoms with van der Waals surface area (Å²) in [5.41, 5.74) is 17.7. The third kappa shape index (κ3) is 6.95. The van der Waals surface area contributed by atoms with Crippen molar-refractivity contribution in [2.24, 2.45) is 0 Å². The minimum Gasteiger partial charge on any atom is -0.309 e. The third-order valence-corrected chi connectivity index (χ3v) is 13.1. The Kier molecular flexibility index (Phi) is 10.1. The molecule has 0 saturated carbocycles. The lowest BCUT2D eigenvalue weighted by Gasteiger charge is -2.21. The van der Waals surface area contributed by atoms with Gasteiger partial charge in [0.25, 0.3) is 0 Å². The van der Waals surface area contributed by atoms with Crippen molar-refractivity contribution >= 4 is 49.2 Å². The van der Waals surface area contributed by atoms with Gasteiger partial charge in [-0.2, -0.15) is 0 Å². The normalized spacial score (nSPS) is 11.7. The van der Waals surface area contributed by atoms with Gasteiger partial charge in [0.15, 0.2) is 5.82 Å². The molecule has 9 aromatic carbocycles. The Morgan fingerprint density at radius 1 is 0.382 bits per heavy atom. The second-order valence-electron chi connectivity index (χ2n) is 17.0. The first-order valence-corrected chi connectivity index (χ1v) is 23.0. The molecule has 12 rings (SSSR count). The van der Waals surface area contributed by atoms with Crippen LogP contribution in [0, 0.1) is 0 Å². The van der Waals surface area contributed by atoms with Crippen LogP contribution < -0.4 is 0 Å². The molecule has 0 aliphatic rings. The third-order valence-electron chi connectivity index (χ3n) is 13.1. The number of rotatable bonds is 10. The maximum absolute atomic E-state index is 5.33. The zero-order chi connectivity index (χ0) is 45.6. The van der Waals surface area contributed by atoms with Crippen LogP contribution in [0.1, 0.15) is 5.69 Å². The molecule has 4 heteroatoms. The van der Waals surface area contributed by atoms with Crippen LogP contribution in [0.25, 0.3) is 117 Å². The molecule has 0 spiro atoms. The summed E-state index contributed by atoms with van der Waals surface area (Å²) in [5, 5.41) is 4.80. The first-order chi connectivity index (χ1) is 33.6. The summed E-state index contributed by atoms with van der Waals surface area (Å²) in [7, 11) is 0. The zero-order valence-electron chi connectivity index (χ0n) is 37.3. The van der Waals surface area contributed by atoms with Gasteiger partial charge in [0, 0.05) is 49.5 Å². The van der Waals surface area contributed by atoms with Crippen molar-refractivity contribution in [2.75, 3.05) is 0 Å². The molecule has 0 unspecified atom stereocenters. The lowest BCUT2D eigenvalue weighted by atomic mass is 9.92. The zero-order valence-corrected chi connectivity index (χ0v) is 37.3. The largest absolute Gasteiger partial charge is 0.309 e. The fourth-order valence-electron chi connectivity index (χ4n) is 9.95. The van der Waals surface area contributed by atoms with E-state index in [0.717, 1.165) is 89.3 Å². The Morgan fingerprint density at radius 3 is 1.50 bits per heavy atom. The van der Waals surface area contributed by atoms with Gasteiger partial charge in [0.1, 0.15) is 0 Å². The molecule has 12 aromatic rings. The molecular formula is C64H44N4. The van der Waals surface area contributed by atoms with E-state index in [1.807, 2.05) is 36.4 Å². The van der Waals surface area contributed by atoms with Crippen LogP contribution in [0.5, 0.6) is 0 Å². The average Bonchev–Trinajstić information content (AvgIpc) is 3.92. The molecule has 0 amide bonds. The second-order valence-corrected chi connectivity index (χ2v) is 17.0. The van der Waals surface area contributed by atoms with E-state index in [1.165, 1.54) is 27.2 Å². The van der Waals surface area contributed by atoms with Gasteiger partial charge in [-0.1, -0.05) is 201 Å². The fraction of sp³-hybridized carbons (Fsp3) is 0. The van der Waals surface area contributed by atoms with Crippen LogP contribution in [-0.4, -0.2) is 19.1 Å². The van der Waals surface area contributed by atoms with E-state index in [1.54, 1.807) is 6.08 Å². The first kappa shape index (κ1) is 40.4. The highest BCUT2D eigenvalue weighted by atomic mass is 15.0. The fourth-order valence-corrected chi connectivity index (χ4v) is 9.95. The van der Waals surface area contributed by atoms with E-state index in [9.17, 15) is 0 Å². The van der Waals surface area contributed by atoms with Crippen molar-refractivity contribution in [3.8, 4) is 67.4 Å². The van der Waals surface area contributed by atoms with Crippen LogP contribution >= 0.6 is 0 Å². The number of nitrogens with zero attached hydrogens (tertiary/aromatic N) is 4. The van der Waals surface area contributed by atoms with Crippen molar-refractivity contribution < 1.29 is 0 Å². The summed E-state index contributed by atoms with van der Waals surface area (Å²) in [6, 6.07) is 80.4. The molecule has 3 aromatic heterocycles. The highest BCUT2D eigenvalue weighted by molar-refractivity contribution is 6.14. The predicted octanol–water partition coefficient (Wildman–Crippen LogP) is 16.8. The highest BCUT2D eigenvalue weighted by Gasteiger charge is 2.24. The maximum atomic E-state index is 5.33. The van der Waals surface area contributed by atoms with Crippen LogP contribution in [0.15, 0.2) is 256 Å². The number of benzene rings is 9. The lowest BCUT2D eigenvalue weighted by molar-refractivity contribution is 1.15. The Hall–Kier alpha value is -9.12. The van der Waals surface area contributed by atoms with E-state index in [0.29, 0.717) is 5.82 Å². The number of hydrogen-bond acceptors (Lipinski definition) is 2. The number of allylic oxidation sites excluding steroid dienone is 4. The molecule has 0 bridgehead atoms. The molecule has 0 N–H and O–H groups in total. The van der Waals surface area contributed by atoms with Gasteiger partial charge in [0.2, 0.25) is 0 Å². The minimum atomic E-state index is 0.614. The molecule has 320 valence electrons. The monoisotopic (exact) mass is 868 g/mol. The Balaban J connectivity index is 1.19. The van der Waals surface area contributed by atoms with Crippen LogP contribution in [0.4, 0.5) is 0 Å². The van der Waals surface area contributed by atoms with Gasteiger partial charge in [0.05, 0.1) is 39.1 Å². The van der Waals surface area contributed by atoms with Crippen LogP contribution in [0.2, 0.25) is 0 Å². The summed E-state index contributed by atoms with van der Waals surface area (Å²) in [6.07, 6.45) is 5.55. The number of fused-ring (bicyclic) bond motifs is 6. The van der Waals surface area contributed by atoms with E-state index in [4.69, 9.17) is 9.97 Å². The van der Waals surface area contributed by atoms with Crippen molar-refractivity contribution in [2.45, 2.75) is 0 Å². The average molecular weight is 869 g/mol.